The second-order valence-corrected chi connectivity index (χ2v) is 6.48. The zero-order chi connectivity index (χ0) is 19.2. The number of nitrogens with zero attached hydrogens (tertiary/aromatic N) is 2. The lowest BCUT2D eigenvalue weighted by Crippen LogP contribution is -2.30. The lowest BCUT2D eigenvalue weighted by atomic mass is 10.1. The van der Waals surface area contributed by atoms with Crippen molar-refractivity contribution in [3.8, 4) is 11.8 Å². The highest BCUT2D eigenvalue weighted by molar-refractivity contribution is 5.97. The van der Waals surface area contributed by atoms with Crippen LogP contribution in [0.1, 0.15) is 17.5 Å². The number of nitrogens with one attached hydrogen (secondary N) is 1. The van der Waals surface area contributed by atoms with E-state index >= 15 is 0 Å². The number of methoxy groups -OCH3 is 1. The number of hydrogen-bond acceptors (Lipinski definition) is 4. The van der Waals surface area contributed by atoms with Crippen molar-refractivity contribution in [2.75, 3.05) is 25.5 Å². The van der Waals surface area contributed by atoms with Crippen molar-refractivity contribution in [3.63, 3.8) is 0 Å². The van der Waals surface area contributed by atoms with Gasteiger partial charge in [0.2, 0.25) is 11.8 Å². The molecule has 2 aromatic rings. The second kappa shape index (κ2) is 8.37. The van der Waals surface area contributed by atoms with Gasteiger partial charge in [-0.3, -0.25) is 9.59 Å². The number of carbonyl (C=O) groups is 2. The molecule has 1 saturated heterocycles. The standard InChI is InChI=1S/C21H21N3O3/c1-27-19-8-3-2-6-16(19)9-10-24-14-17(12-20(24)25)21(26)23-18-7-4-5-15(11-18)13-22/h2-8,11,17H,9-10,12,14H2,1H3,(H,23,26). The molecule has 2 amide bonds. The van der Waals surface area contributed by atoms with Gasteiger partial charge in [-0.1, -0.05) is 24.3 Å². The number of nitriles is 1. The molecule has 1 atom stereocenters. The highest BCUT2D eigenvalue weighted by Gasteiger charge is 2.34. The maximum Gasteiger partial charge on any atom is 0.229 e. The summed E-state index contributed by atoms with van der Waals surface area (Å²) in [7, 11) is 1.63. The number of hydrogen-bond donors (Lipinski definition) is 1. The quantitative estimate of drug-likeness (QED) is 0.855. The van der Waals surface area contributed by atoms with Crippen molar-refractivity contribution in [3.05, 3.63) is 59.7 Å². The van der Waals surface area contributed by atoms with E-state index in [4.69, 9.17) is 10.00 Å². The maximum atomic E-state index is 12.5. The van der Waals surface area contributed by atoms with Gasteiger partial charge in [-0.05, 0) is 36.2 Å². The molecule has 2 aromatic carbocycles. The van der Waals surface area contributed by atoms with Crippen LogP contribution < -0.4 is 10.1 Å². The summed E-state index contributed by atoms with van der Waals surface area (Å²) in [6.45, 7) is 0.949. The third kappa shape index (κ3) is 4.45. The minimum Gasteiger partial charge on any atom is -0.496 e. The molecule has 138 valence electrons. The van der Waals surface area contributed by atoms with E-state index < -0.39 is 0 Å². The molecule has 0 aromatic heterocycles. The fraction of sp³-hybridized carbons (Fsp3) is 0.286. The Hall–Kier alpha value is -3.33. The Morgan fingerprint density at radius 3 is 2.89 bits per heavy atom. The number of ether oxygens (including phenoxy) is 1. The molecule has 1 aliphatic heterocycles. The Kier molecular flexibility index (Phi) is 5.72. The molecule has 6 heteroatoms. The molecular weight excluding hydrogens is 342 g/mol. The van der Waals surface area contributed by atoms with Gasteiger partial charge >= 0.3 is 0 Å². The monoisotopic (exact) mass is 363 g/mol. The molecule has 27 heavy (non-hydrogen) atoms. The molecule has 0 saturated carbocycles. The SMILES string of the molecule is COc1ccccc1CCN1CC(C(=O)Nc2cccc(C#N)c2)CC1=O. The van der Waals surface area contributed by atoms with E-state index in [0.717, 1.165) is 11.3 Å². The van der Waals surface area contributed by atoms with E-state index in [-0.39, 0.29) is 24.2 Å². The van der Waals surface area contributed by atoms with Crippen molar-refractivity contribution in [1.29, 1.82) is 5.26 Å². The van der Waals surface area contributed by atoms with E-state index in [0.29, 0.717) is 30.8 Å². The summed E-state index contributed by atoms with van der Waals surface area (Å²) in [6, 6.07) is 16.5. The minimum atomic E-state index is -0.388. The number of carbonyl (C=O) groups excluding carboxylic acids is 2. The van der Waals surface area contributed by atoms with Crippen LogP contribution in [0.25, 0.3) is 0 Å². The Balaban J connectivity index is 1.58. The molecular formula is C21H21N3O3. The lowest BCUT2D eigenvalue weighted by molar-refractivity contribution is -0.128. The molecule has 0 spiro atoms. The number of benzene rings is 2. The molecule has 1 aliphatic rings. The summed E-state index contributed by atoms with van der Waals surface area (Å²) in [5, 5.41) is 11.7. The van der Waals surface area contributed by atoms with Crippen molar-refractivity contribution in [1.82, 2.24) is 4.90 Å². The average Bonchev–Trinajstić information content (AvgIpc) is 3.07. The fourth-order valence-electron chi connectivity index (χ4n) is 3.24. The van der Waals surface area contributed by atoms with E-state index in [1.807, 2.05) is 30.3 Å². The van der Waals surface area contributed by atoms with E-state index in [2.05, 4.69) is 5.32 Å². The van der Waals surface area contributed by atoms with Crippen molar-refractivity contribution in [2.24, 2.45) is 5.92 Å². The molecule has 1 heterocycles. The van der Waals surface area contributed by atoms with E-state index in [1.165, 1.54) is 0 Å². The fourth-order valence-corrected chi connectivity index (χ4v) is 3.24. The first-order chi connectivity index (χ1) is 13.1. The number of likely N-dealkylation sites (tertiary alicyclic amines) is 1. The number of para-hydroxylation sites is 1. The molecule has 1 N–H and O–H groups in total. The summed E-state index contributed by atoms with van der Waals surface area (Å²) in [5.41, 5.74) is 2.08. The van der Waals surface area contributed by atoms with Gasteiger partial charge in [0.25, 0.3) is 0 Å². The Labute approximate surface area is 158 Å². The van der Waals surface area contributed by atoms with Gasteiger partial charge < -0.3 is 15.0 Å². The number of anilines is 1. The lowest BCUT2D eigenvalue weighted by Gasteiger charge is -2.17. The molecule has 1 unspecified atom stereocenters. The molecule has 1 fully saturated rings. The first-order valence-electron chi connectivity index (χ1n) is 8.81. The van der Waals surface area contributed by atoms with Crippen molar-refractivity contribution in [2.45, 2.75) is 12.8 Å². The summed E-state index contributed by atoms with van der Waals surface area (Å²) >= 11 is 0. The third-order valence-electron chi connectivity index (χ3n) is 4.69. The predicted octanol–water partition coefficient (Wildman–Crippen LogP) is 2.60. The van der Waals surface area contributed by atoms with Crippen LogP contribution >= 0.6 is 0 Å². The highest BCUT2D eigenvalue weighted by Crippen LogP contribution is 2.23. The van der Waals surface area contributed by atoms with Crippen LogP contribution in [0.3, 0.4) is 0 Å². The highest BCUT2D eigenvalue weighted by atomic mass is 16.5. The van der Waals surface area contributed by atoms with Crippen molar-refractivity contribution < 1.29 is 14.3 Å². The van der Waals surface area contributed by atoms with E-state index in [9.17, 15) is 9.59 Å². The summed E-state index contributed by atoms with van der Waals surface area (Å²) in [4.78, 5) is 26.5. The van der Waals surface area contributed by atoms with Crippen LogP contribution in [0, 0.1) is 17.2 Å². The summed E-state index contributed by atoms with van der Waals surface area (Å²) in [6.07, 6.45) is 0.879. The first kappa shape index (κ1) is 18.5. The van der Waals surface area contributed by atoms with Crippen molar-refractivity contribution >= 4 is 17.5 Å². The minimum absolute atomic E-state index is 0.0178. The largest absolute Gasteiger partial charge is 0.496 e. The molecule has 0 radical (unpaired) electrons. The van der Waals surface area contributed by atoms with Gasteiger partial charge in [0.1, 0.15) is 5.75 Å². The summed E-state index contributed by atoms with van der Waals surface area (Å²) in [5.74, 6) is 0.200. The second-order valence-electron chi connectivity index (χ2n) is 6.48. The van der Waals surface area contributed by atoms with Crippen LogP contribution in [-0.2, 0) is 16.0 Å². The smallest absolute Gasteiger partial charge is 0.229 e. The van der Waals surface area contributed by atoms with Gasteiger partial charge in [0.05, 0.1) is 24.7 Å². The van der Waals surface area contributed by atoms with Gasteiger partial charge in [-0.2, -0.15) is 5.26 Å². The maximum absolute atomic E-state index is 12.5. The zero-order valence-corrected chi connectivity index (χ0v) is 15.1. The topological polar surface area (TPSA) is 82.4 Å². The molecule has 3 rings (SSSR count). The Bertz CT molecular complexity index is 888. The Morgan fingerprint density at radius 2 is 2.11 bits per heavy atom. The first-order valence-corrected chi connectivity index (χ1v) is 8.81. The molecule has 0 bridgehead atoms. The van der Waals surface area contributed by atoms with Crippen LogP contribution in [0.15, 0.2) is 48.5 Å². The van der Waals surface area contributed by atoms with Gasteiger partial charge in [-0.15, -0.1) is 0 Å². The summed E-state index contributed by atoms with van der Waals surface area (Å²) < 4.78 is 5.34. The average molecular weight is 363 g/mol. The van der Waals surface area contributed by atoms with E-state index in [1.54, 1.807) is 36.3 Å². The number of amides is 2. The van der Waals surface area contributed by atoms with Crippen LogP contribution in [0.2, 0.25) is 0 Å². The Morgan fingerprint density at radius 1 is 1.30 bits per heavy atom. The van der Waals surface area contributed by atoms with Gasteiger partial charge in [0.15, 0.2) is 0 Å². The number of rotatable bonds is 6. The predicted molar refractivity (Wildman–Crippen MR) is 101 cm³/mol. The van der Waals surface area contributed by atoms with Crippen LogP contribution in [0.4, 0.5) is 5.69 Å². The van der Waals surface area contributed by atoms with Gasteiger partial charge in [-0.25, -0.2) is 0 Å². The third-order valence-corrected chi connectivity index (χ3v) is 4.69. The normalized spacial score (nSPS) is 16.1. The van der Waals surface area contributed by atoms with Crippen LogP contribution in [0.5, 0.6) is 5.75 Å². The zero-order valence-electron chi connectivity index (χ0n) is 15.1. The van der Waals surface area contributed by atoms with Gasteiger partial charge in [0, 0.05) is 25.2 Å². The molecule has 0 aliphatic carbocycles. The van der Waals surface area contributed by atoms with Crippen LogP contribution in [-0.4, -0.2) is 36.9 Å². The molecule has 6 nitrogen and oxygen atoms in total.